The number of hydrogen-bond donors (Lipinski definition) is 2. The Labute approximate surface area is 143 Å². The summed E-state index contributed by atoms with van der Waals surface area (Å²) in [5, 5.41) is 2.84. The number of carbonyl (C=O) groups is 2. The van der Waals surface area contributed by atoms with Crippen LogP contribution in [0.4, 0.5) is 16.2 Å². The lowest BCUT2D eigenvalue weighted by molar-refractivity contribution is 0.102. The van der Waals surface area contributed by atoms with Crippen LogP contribution in [0.2, 0.25) is 0 Å². The minimum absolute atomic E-state index is 0.298. The van der Waals surface area contributed by atoms with Gasteiger partial charge in [-0.3, -0.25) is 9.69 Å². The fraction of sp³-hybridized carbons (Fsp3) is 0.176. The van der Waals surface area contributed by atoms with Crippen molar-refractivity contribution in [2.24, 2.45) is 12.8 Å². The molecule has 3 amide bonds. The summed E-state index contributed by atoms with van der Waals surface area (Å²) in [6, 6.07) is 8.35. The number of aryl methyl sites for hydroxylation is 1. The van der Waals surface area contributed by atoms with Gasteiger partial charge in [0.2, 0.25) is 0 Å². The molecule has 8 nitrogen and oxygen atoms in total. The summed E-state index contributed by atoms with van der Waals surface area (Å²) in [7, 11) is 1.83. The van der Waals surface area contributed by atoms with Gasteiger partial charge >= 0.3 is 6.03 Å². The van der Waals surface area contributed by atoms with E-state index >= 15 is 0 Å². The van der Waals surface area contributed by atoms with E-state index in [2.05, 4.69) is 15.3 Å². The Morgan fingerprint density at radius 1 is 1.24 bits per heavy atom. The maximum atomic E-state index is 12.5. The molecule has 0 aliphatic carbocycles. The second-order valence-corrected chi connectivity index (χ2v) is 5.93. The van der Waals surface area contributed by atoms with Gasteiger partial charge in [0.15, 0.2) is 5.65 Å². The summed E-state index contributed by atoms with van der Waals surface area (Å²) in [6.07, 6.45) is 2.37. The highest BCUT2D eigenvalue weighted by molar-refractivity contribution is 6.04. The second kappa shape index (κ2) is 5.59. The van der Waals surface area contributed by atoms with Crippen molar-refractivity contribution in [1.82, 2.24) is 14.5 Å². The van der Waals surface area contributed by atoms with Gasteiger partial charge in [0.25, 0.3) is 5.91 Å². The molecule has 3 heterocycles. The standard InChI is InChI=1S/C17H16N6O2/c1-22-9-19-12-3-4-13(21-15(12)22)16(24)20-11-2-5-14-10(8-11)6-7-23(14)17(18)25/h2-5,8-9H,6-7H2,1H3,(H2,18,25)(H,20,24). The van der Waals surface area contributed by atoms with E-state index in [0.29, 0.717) is 30.0 Å². The van der Waals surface area contributed by atoms with Gasteiger partial charge in [0.1, 0.15) is 11.2 Å². The number of benzene rings is 1. The van der Waals surface area contributed by atoms with Crippen molar-refractivity contribution in [2.75, 3.05) is 16.8 Å². The number of aromatic nitrogens is 3. The van der Waals surface area contributed by atoms with Crippen LogP contribution >= 0.6 is 0 Å². The van der Waals surface area contributed by atoms with Gasteiger partial charge < -0.3 is 15.6 Å². The average Bonchev–Trinajstić information content (AvgIpc) is 3.18. The molecule has 4 rings (SSSR count). The second-order valence-electron chi connectivity index (χ2n) is 5.93. The molecule has 8 heteroatoms. The molecule has 0 unspecified atom stereocenters. The van der Waals surface area contributed by atoms with Gasteiger partial charge in [-0.25, -0.2) is 14.8 Å². The monoisotopic (exact) mass is 336 g/mol. The summed E-state index contributed by atoms with van der Waals surface area (Å²) in [5.41, 5.74) is 9.49. The van der Waals surface area contributed by atoms with Gasteiger partial charge in [0.05, 0.1) is 6.33 Å². The summed E-state index contributed by atoms with van der Waals surface area (Å²) in [4.78, 5) is 33.9. The van der Waals surface area contributed by atoms with Crippen molar-refractivity contribution >= 4 is 34.5 Å². The van der Waals surface area contributed by atoms with Crippen molar-refractivity contribution in [3.8, 4) is 0 Å². The number of imidazole rings is 1. The van der Waals surface area contributed by atoms with Gasteiger partial charge in [-0.15, -0.1) is 0 Å². The number of nitrogens with zero attached hydrogens (tertiary/aromatic N) is 4. The van der Waals surface area contributed by atoms with Crippen molar-refractivity contribution in [2.45, 2.75) is 6.42 Å². The number of anilines is 2. The molecule has 0 saturated heterocycles. The minimum atomic E-state index is -0.468. The Morgan fingerprint density at radius 3 is 2.88 bits per heavy atom. The Bertz CT molecular complexity index is 1010. The lowest BCUT2D eigenvalue weighted by Crippen LogP contribution is -2.33. The molecule has 1 aliphatic rings. The van der Waals surface area contributed by atoms with E-state index in [-0.39, 0.29) is 5.91 Å². The smallest absolute Gasteiger partial charge is 0.319 e. The van der Waals surface area contributed by atoms with E-state index < -0.39 is 6.03 Å². The number of fused-ring (bicyclic) bond motifs is 2. The third kappa shape index (κ3) is 2.57. The molecule has 0 spiro atoms. The van der Waals surface area contributed by atoms with Crippen LogP contribution in [0.3, 0.4) is 0 Å². The van der Waals surface area contributed by atoms with Crippen LogP contribution in [0.1, 0.15) is 16.1 Å². The zero-order chi connectivity index (χ0) is 17.6. The van der Waals surface area contributed by atoms with E-state index in [4.69, 9.17) is 5.73 Å². The van der Waals surface area contributed by atoms with Crippen LogP contribution in [0.15, 0.2) is 36.7 Å². The first kappa shape index (κ1) is 15.1. The molecular weight excluding hydrogens is 320 g/mol. The highest BCUT2D eigenvalue weighted by Gasteiger charge is 2.23. The van der Waals surface area contributed by atoms with Crippen molar-refractivity contribution in [3.05, 3.63) is 47.9 Å². The molecule has 0 bridgehead atoms. The van der Waals surface area contributed by atoms with Crippen LogP contribution < -0.4 is 16.0 Å². The first-order valence-electron chi connectivity index (χ1n) is 7.82. The third-order valence-corrected chi connectivity index (χ3v) is 4.29. The van der Waals surface area contributed by atoms with Gasteiger partial charge in [-0.05, 0) is 42.3 Å². The largest absolute Gasteiger partial charge is 0.351 e. The van der Waals surface area contributed by atoms with Crippen LogP contribution in [-0.4, -0.2) is 33.0 Å². The third-order valence-electron chi connectivity index (χ3n) is 4.29. The molecule has 3 N–H and O–H groups in total. The van der Waals surface area contributed by atoms with Gasteiger partial charge in [-0.1, -0.05) is 0 Å². The minimum Gasteiger partial charge on any atom is -0.351 e. The first-order valence-corrected chi connectivity index (χ1v) is 7.82. The molecule has 25 heavy (non-hydrogen) atoms. The zero-order valence-corrected chi connectivity index (χ0v) is 13.6. The number of pyridine rings is 1. The number of rotatable bonds is 2. The van der Waals surface area contributed by atoms with Crippen LogP contribution in [-0.2, 0) is 13.5 Å². The van der Waals surface area contributed by atoms with Crippen LogP contribution in [0.25, 0.3) is 11.2 Å². The normalized spacial score (nSPS) is 13.1. The molecule has 2 aromatic heterocycles. The SMILES string of the molecule is Cn1cnc2ccc(C(=O)Nc3ccc4c(c3)CCN4C(N)=O)nc21. The highest BCUT2D eigenvalue weighted by Crippen LogP contribution is 2.30. The van der Waals surface area contributed by atoms with Crippen LogP contribution in [0, 0.1) is 0 Å². The Hall–Kier alpha value is -3.42. The predicted molar refractivity (Wildman–Crippen MR) is 93.5 cm³/mol. The van der Waals surface area contributed by atoms with Crippen LogP contribution in [0.5, 0.6) is 0 Å². The number of primary amides is 1. The number of nitrogens with one attached hydrogen (secondary N) is 1. The zero-order valence-electron chi connectivity index (χ0n) is 13.6. The molecule has 0 atom stereocenters. The fourth-order valence-electron chi connectivity index (χ4n) is 3.03. The van der Waals surface area contributed by atoms with E-state index in [9.17, 15) is 9.59 Å². The maximum absolute atomic E-state index is 12.5. The first-order chi connectivity index (χ1) is 12.0. The van der Waals surface area contributed by atoms with E-state index in [1.54, 1.807) is 35.2 Å². The topological polar surface area (TPSA) is 106 Å². The summed E-state index contributed by atoms with van der Waals surface area (Å²) >= 11 is 0. The van der Waals surface area contributed by atoms with Crippen molar-refractivity contribution < 1.29 is 9.59 Å². The highest BCUT2D eigenvalue weighted by atomic mass is 16.2. The summed E-state index contributed by atoms with van der Waals surface area (Å²) < 4.78 is 1.76. The molecule has 0 radical (unpaired) electrons. The summed E-state index contributed by atoms with van der Waals surface area (Å²) in [6.45, 7) is 0.556. The van der Waals surface area contributed by atoms with E-state index in [1.807, 2.05) is 13.1 Å². The summed E-state index contributed by atoms with van der Waals surface area (Å²) in [5.74, 6) is -0.298. The number of nitrogens with two attached hydrogens (primary N) is 1. The predicted octanol–water partition coefficient (Wildman–Crippen LogP) is 1.66. The van der Waals surface area contributed by atoms with Gasteiger partial charge in [0, 0.05) is 25.0 Å². The molecule has 0 fully saturated rings. The van der Waals surface area contributed by atoms with Crippen molar-refractivity contribution in [3.63, 3.8) is 0 Å². The molecule has 126 valence electrons. The number of carbonyl (C=O) groups excluding carboxylic acids is 2. The number of urea groups is 1. The Balaban J connectivity index is 1.58. The van der Waals surface area contributed by atoms with E-state index in [1.165, 1.54) is 4.90 Å². The number of amides is 3. The number of hydrogen-bond acceptors (Lipinski definition) is 4. The molecule has 3 aromatic rings. The lowest BCUT2D eigenvalue weighted by atomic mass is 10.1. The van der Waals surface area contributed by atoms with Crippen molar-refractivity contribution in [1.29, 1.82) is 0 Å². The van der Waals surface area contributed by atoms with E-state index in [0.717, 1.165) is 16.8 Å². The maximum Gasteiger partial charge on any atom is 0.319 e. The lowest BCUT2D eigenvalue weighted by Gasteiger charge is -2.14. The Kier molecular flexibility index (Phi) is 3.38. The molecule has 1 aromatic carbocycles. The van der Waals surface area contributed by atoms with Gasteiger partial charge in [-0.2, -0.15) is 0 Å². The fourth-order valence-corrected chi connectivity index (χ4v) is 3.03. The molecule has 0 saturated carbocycles. The molecular formula is C17H16N6O2. The molecule has 1 aliphatic heterocycles. The average molecular weight is 336 g/mol. The quantitative estimate of drug-likeness (QED) is 0.742. The Morgan fingerprint density at radius 2 is 2.08 bits per heavy atom.